The number of nitrogens with zero attached hydrogens (tertiary/aromatic N) is 2. The van der Waals surface area contributed by atoms with E-state index in [-0.39, 0.29) is 0 Å². The average molecular weight is 202 g/mol. The molecule has 3 heteroatoms. The molecule has 0 fully saturated rings. The Kier molecular flexibility index (Phi) is 3.12. The van der Waals surface area contributed by atoms with Crippen LogP contribution >= 0.6 is 0 Å². The highest BCUT2D eigenvalue weighted by Gasteiger charge is 2.08. The van der Waals surface area contributed by atoms with E-state index in [0.29, 0.717) is 5.89 Å². The second kappa shape index (κ2) is 4.73. The second-order valence-electron chi connectivity index (χ2n) is 3.50. The van der Waals surface area contributed by atoms with Crippen molar-refractivity contribution in [2.24, 2.45) is 0 Å². The van der Waals surface area contributed by atoms with Crippen LogP contribution in [0.4, 0.5) is 0 Å². The highest BCUT2D eigenvalue weighted by molar-refractivity contribution is 5.57. The Morgan fingerprint density at radius 2 is 2.13 bits per heavy atom. The van der Waals surface area contributed by atoms with Gasteiger partial charge in [0.1, 0.15) is 0 Å². The maximum atomic E-state index is 5.22. The first-order valence-electron chi connectivity index (χ1n) is 5.26. The minimum atomic E-state index is 0.613. The summed E-state index contributed by atoms with van der Waals surface area (Å²) >= 11 is 0. The summed E-state index contributed by atoms with van der Waals surface area (Å²) in [6.45, 7) is 2.19. The maximum Gasteiger partial charge on any atom is 0.247 e. The Bertz CT molecular complexity index is 409. The van der Waals surface area contributed by atoms with Crippen LogP contribution in [-0.2, 0) is 6.42 Å². The molecule has 2 aromatic rings. The summed E-state index contributed by atoms with van der Waals surface area (Å²) in [4.78, 5) is 0. The Labute approximate surface area is 89.2 Å². The van der Waals surface area contributed by atoms with Crippen LogP contribution in [0.25, 0.3) is 11.5 Å². The highest BCUT2D eigenvalue weighted by atomic mass is 16.4. The van der Waals surface area contributed by atoms with Gasteiger partial charge in [-0.05, 0) is 24.5 Å². The number of hydrogen-bond acceptors (Lipinski definition) is 3. The molecule has 0 saturated carbocycles. The van der Waals surface area contributed by atoms with Crippen LogP contribution in [0, 0.1) is 0 Å². The van der Waals surface area contributed by atoms with Crippen LogP contribution < -0.4 is 0 Å². The predicted molar refractivity (Wildman–Crippen MR) is 58.3 cm³/mol. The normalized spacial score (nSPS) is 10.5. The van der Waals surface area contributed by atoms with E-state index in [1.54, 1.807) is 0 Å². The Balaban J connectivity index is 2.30. The summed E-state index contributed by atoms with van der Waals surface area (Å²) in [6, 6.07) is 8.19. The molecule has 0 atom stereocenters. The van der Waals surface area contributed by atoms with E-state index in [9.17, 15) is 0 Å². The van der Waals surface area contributed by atoms with E-state index in [1.807, 2.05) is 18.2 Å². The fourth-order valence-corrected chi connectivity index (χ4v) is 1.60. The van der Waals surface area contributed by atoms with E-state index in [0.717, 1.165) is 12.0 Å². The molecule has 0 amide bonds. The van der Waals surface area contributed by atoms with Crippen molar-refractivity contribution in [3.63, 3.8) is 0 Å². The van der Waals surface area contributed by atoms with E-state index in [2.05, 4.69) is 23.2 Å². The summed E-state index contributed by atoms with van der Waals surface area (Å²) in [5.41, 5.74) is 2.34. The van der Waals surface area contributed by atoms with Crippen LogP contribution in [-0.4, -0.2) is 10.2 Å². The van der Waals surface area contributed by atoms with Crippen molar-refractivity contribution < 1.29 is 4.42 Å². The molecule has 2 rings (SSSR count). The molecule has 0 N–H and O–H groups in total. The van der Waals surface area contributed by atoms with E-state index in [1.165, 1.54) is 24.8 Å². The van der Waals surface area contributed by atoms with Crippen LogP contribution in [0.15, 0.2) is 35.1 Å². The lowest BCUT2D eigenvalue weighted by Gasteiger charge is -2.04. The monoisotopic (exact) mass is 202 g/mol. The smallest absolute Gasteiger partial charge is 0.247 e. The molecular weight excluding hydrogens is 188 g/mol. The molecule has 0 aliphatic heterocycles. The third kappa shape index (κ3) is 2.24. The van der Waals surface area contributed by atoms with Gasteiger partial charge < -0.3 is 4.42 Å². The Morgan fingerprint density at radius 1 is 1.27 bits per heavy atom. The van der Waals surface area contributed by atoms with Crippen LogP contribution in [0.5, 0.6) is 0 Å². The van der Waals surface area contributed by atoms with Gasteiger partial charge in [0.25, 0.3) is 0 Å². The standard InChI is InChI=1S/C12H14N2O/c1-2-3-6-10-7-4-5-8-11(10)12-14-13-9-15-12/h4-5,7-9H,2-3,6H2,1H3. The largest absolute Gasteiger partial charge is 0.423 e. The van der Waals surface area contributed by atoms with Crippen molar-refractivity contribution in [3.8, 4) is 11.5 Å². The molecule has 0 radical (unpaired) electrons. The van der Waals surface area contributed by atoms with Gasteiger partial charge in [0.05, 0.1) is 0 Å². The van der Waals surface area contributed by atoms with E-state index >= 15 is 0 Å². The second-order valence-corrected chi connectivity index (χ2v) is 3.50. The minimum absolute atomic E-state index is 0.613. The molecule has 1 heterocycles. The third-order valence-corrected chi connectivity index (χ3v) is 2.41. The van der Waals surface area contributed by atoms with Gasteiger partial charge in [-0.2, -0.15) is 0 Å². The van der Waals surface area contributed by atoms with Gasteiger partial charge in [-0.25, -0.2) is 0 Å². The van der Waals surface area contributed by atoms with E-state index < -0.39 is 0 Å². The topological polar surface area (TPSA) is 38.9 Å². The Hall–Kier alpha value is -1.64. The molecule has 0 aliphatic carbocycles. The third-order valence-electron chi connectivity index (χ3n) is 2.41. The zero-order valence-corrected chi connectivity index (χ0v) is 8.81. The van der Waals surface area contributed by atoms with Gasteiger partial charge in [0, 0.05) is 5.56 Å². The molecule has 1 aromatic carbocycles. The van der Waals surface area contributed by atoms with E-state index in [4.69, 9.17) is 4.42 Å². The molecule has 0 spiro atoms. The number of benzene rings is 1. The van der Waals surface area contributed by atoms with Crippen molar-refractivity contribution in [2.45, 2.75) is 26.2 Å². The quantitative estimate of drug-likeness (QED) is 0.764. The first kappa shape index (κ1) is 9.90. The lowest BCUT2D eigenvalue weighted by molar-refractivity contribution is 0.567. The number of unbranched alkanes of at least 4 members (excludes halogenated alkanes) is 1. The molecule has 0 aliphatic rings. The molecule has 78 valence electrons. The minimum Gasteiger partial charge on any atom is -0.423 e. The number of aryl methyl sites for hydroxylation is 1. The zero-order chi connectivity index (χ0) is 10.5. The molecule has 0 saturated heterocycles. The molecule has 0 unspecified atom stereocenters. The first-order valence-corrected chi connectivity index (χ1v) is 5.26. The average Bonchev–Trinajstić information content (AvgIpc) is 2.80. The fraction of sp³-hybridized carbons (Fsp3) is 0.333. The van der Waals surface area contributed by atoms with Crippen molar-refractivity contribution >= 4 is 0 Å². The van der Waals surface area contributed by atoms with Crippen molar-refractivity contribution in [2.75, 3.05) is 0 Å². The number of rotatable bonds is 4. The van der Waals surface area contributed by atoms with Gasteiger partial charge >= 0.3 is 0 Å². The molecule has 0 bridgehead atoms. The molecular formula is C12H14N2O. The molecule has 1 aromatic heterocycles. The summed E-state index contributed by atoms with van der Waals surface area (Å²) in [5, 5.41) is 7.64. The number of hydrogen-bond donors (Lipinski definition) is 0. The number of aromatic nitrogens is 2. The van der Waals surface area contributed by atoms with Crippen LogP contribution in [0.3, 0.4) is 0 Å². The van der Waals surface area contributed by atoms with Gasteiger partial charge in [-0.15, -0.1) is 10.2 Å². The summed E-state index contributed by atoms with van der Waals surface area (Å²) in [5.74, 6) is 0.613. The van der Waals surface area contributed by atoms with Crippen molar-refractivity contribution in [3.05, 3.63) is 36.2 Å². The predicted octanol–water partition coefficient (Wildman–Crippen LogP) is 3.08. The van der Waals surface area contributed by atoms with Gasteiger partial charge in [-0.1, -0.05) is 31.5 Å². The van der Waals surface area contributed by atoms with Crippen LogP contribution in [0.2, 0.25) is 0 Å². The maximum absolute atomic E-state index is 5.22. The Morgan fingerprint density at radius 3 is 2.87 bits per heavy atom. The molecule has 3 nitrogen and oxygen atoms in total. The highest BCUT2D eigenvalue weighted by Crippen LogP contribution is 2.22. The van der Waals surface area contributed by atoms with Crippen molar-refractivity contribution in [1.82, 2.24) is 10.2 Å². The van der Waals surface area contributed by atoms with Crippen LogP contribution in [0.1, 0.15) is 25.3 Å². The lowest BCUT2D eigenvalue weighted by Crippen LogP contribution is -1.90. The van der Waals surface area contributed by atoms with Gasteiger partial charge in [0.15, 0.2) is 0 Å². The molecule has 15 heavy (non-hydrogen) atoms. The van der Waals surface area contributed by atoms with Gasteiger partial charge in [-0.3, -0.25) is 0 Å². The van der Waals surface area contributed by atoms with Crippen molar-refractivity contribution in [1.29, 1.82) is 0 Å². The lowest BCUT2D eigenvalue weighted by atomic mass is 10.0. The van der Waals surface area contributed by atoms with Gasteiger partial charge in [0.2, 0.25) is 12.3 Å². The first-order chi connectivity index (χ1) is 7.42. The zero-order valence-electron chi connectivity index (χ0n) is 8.81. The summed E-state index contributed by atoms with van der Waals surface area (Å²) in [6.07, 6.45) is 4.81. The SMILES string of the molecule is CCCCc1ccccc1-c1nnco1. The summed E-state index contributed by atoms with van der Waals surface area (Å²) < 4.78 is 5.22. The summed E-state index contributed by atoms with van der Waals surface area (Å²) in [7, 11) is 0. The fourth-order valence-electron chi connectivity index (χ4n) is 1.60.